The molecular formula is C69H131N2O6P. The normalized spacial score (nSPS) is 14.1. The highest BCUT2D eigenvalue weighted by molar-refractivity contribution is 7.45. The standard InChI is InChI=1S/C69H131N2O6P/c1-6-8-10-12-14-16-18-20-22-23-24-25-26-27-28-29-30-31-32-33-34-35-36-37-38-39-40-41-42-43-44-45-46-47-49-51-53-55-57-59-61-63-69(73)70-67(66-77-78(74,75)76-65-64-71(3,4)5)68(72)62-60-58-56-54-52-50-48-21-19-17-15-13-11-9-7-2/h18-21,23-24,52,54,60,62,67-68,72H,6-17,22,25-51,53,55-59,61,63-66H2,1-5H3,(H-,70,73,74,75)/b20-18-,21-19+,24-23-,54-52+,62-60+. The summed E-state index contributed by atoms with van der Waals surface area (Å²) in [5, 5.41) is 13.9. The van der Waals surface area contributed by atoms with E-state index in [2.05, 4.69) is 67.8 Å². The van der Waals surface area contributed by atoms with Gasteiger partial charge in [-0.05, 0) is 77.0 Å². The molecule has 8 nitrogen and oxygen atoms in total. The lowest BCUT2D eigenvalue weighted by atomic mass is 10.0. The highest BCUT2D eigenvalue weighted by atomic mass is 31.2. The van der Waals surface area contributed by atoms with Crippen LogP contribution in [-0.2, 0) is 18.4 Å². The lowest BCUT2D eigenvalue weighted by Gasteiger charge is -2.29. The van der Waals surface area contributed by atoms with Crippen molar-refractivity contribution in [3.8, 4) is 0 Å². The van der Waals surface area contributed by atoms with Crippen molar-refractivity contribution >= 4 is 13.7 Å². The Morgan fingerprint density at radius 1 is 0.449 bits per heavy atom. The van der Waals surface area contributed by atoms with Gasteiger partial charge in [0.15, 0.2) is 0 Å². The molecule has 458 valence electrons. The van der Waals surface area contributed by atoms with Crippen molar-refractivity contribution in [2.24, 2.45) is 0 Å². The first-order valence-corrected chi connectivity index (χ1v) is 35.1. The van der Waals surface area contributed by atoms with Crippen LogP contribution in [0.2, 0.25) is 0 Å². The molecule has 0 aliphatic heterocycles. The quantitative estimate of drug-likeness (QED) is 0.0272. The lowest BCUT2D eigenvalue weighted by molar-refractivity contribution is -0.870. The van der Waals surface area contributed by atoms with Gasteiger partial charge in [-0.1, -0.05) is 299 Å². The van der Waals surface area contributed by atoms with Crippen molar-refractivity contribution < 1.29 is 32.9 Å². The van der Waals surface area contributed by atoms with Crippen LogP contribution in [0.15, 0.2) is 60.8 Å². The molecule has 0 aromatic heterocycles. The monoisotopic (exact) mass is 1110 g/mol. The third-order valence-electron chi connectivity index (χ3n) is 15.2. The fraction of sp³-hybridized carbons (Fsp3) is 0.841. The first kappa shape index (κ1) is 76.2. The zero-order chi connectivity index (χ0) is 57.0. The molecule has 0 aliphatic carbocycles. The number of phosphoric acid groups is 1. The zero-order valence-corrected chi connectivity index (χ0v) is 53.3. The molecule has 3 atom stereocenters. The minimum absolute atomic E-state index is 0.00858. The lowest BCUT2D eigenvalue weighted by Crippen LogP contribution is -2.45. The highest BCUT2D eigenvalue weighted by Crippen LogP contribution is 2.38. The fourth-order valence-electron chi connectivity index (χ4n) is 9.92. The second-order valence-corrected chi connectivity index (χ2v) is 25.6. The molecule has 0 aromatic carbocycles. The Morgan fingerprint density at radius 3 is 1.12 bits per heavy atom. The second kappa shape index (κ2) is 59.8. The molecule has 0 heterocycles. The van der Waals surface area contributed by atoms with Gasteiger partial charge in [0, 0.05) is 6.42 Å². The first-order valence-electron chi connectivity index (χ1n) is 33.7. The van der Waals surface area contributed by atoms with Crippen LogP contribution < -0.4 is 10.2 Å². The molecule has 3 unspecified atom stereocenters. The van der Waals surface area contributed by atoms with E-state index in [0.29, 0.717) is 17.4 Å². The van der Waals surface area contributed by atoms with Gasteiger partial charge in [-0.3, -0.25) is 9.36 Å². The molecule has 0 bridgehead atoms. The van der Waals surface area contributed by atoms with Gasteiger partial charge < -0.3 is 28.8 Å². The Kier molecular flexibility index (Phi) is 58.4. The number of unbranched alkanes of at least 4 members (excludes halogenated alkanes) is 41. The maximum atomic E-state index is 13.0. The Labute approximate surface area is 485 Å². The molecule has 0 spiro atoms. The van der Waals surface area contributed by atoms with Gasteiger partial charge in [0.1, 0.15) is 13.2 Å². The molecule has 0 saturated carbocycles. The molecule has 9 heteroatoms. The Morgan fingerprint density at radius 2 is 0.756 bits per heavy atom. The van der Waals surface area contributed by atoms with Gasteiger partial charge in [-0.2, -0.15) is 0 Å². The number of aliphatic hydroxyl groups is 1. The number of carbonyl (C=O) groups is 1. The van der Waals surface area contributed by atoms with Crippen molar-refractivity contribution in [1.29, 1.82) is 0 Å². The number of carbonyl (C=O) groups excluding carboxylic acids is 1. The summed E-state index contributed by atoms with van der Waals surface area (Å²) in [5.41, 5.74) is 0. The third kappa shape index (κ3) is 61.8. The number of likely N-dealkylation sites (N-methyl/N-ethyl adjacent to an activating group) is 1. The third-order valence-corrected chi connectivity index (χ3v) is 16.1. The second-order valence-electron chi connectivity index (χ2n) is 24.2. The van der Waals surface area contributed by atoms with Crippen LogP contribution in [0.1, 0.15) is 322 Å². The van der Waals surface area contributed by atoms with Crippen LogP contribution in [0.5, 0.6) is 0 Å². The summed E-state index contributed by atoms with van der Waals surface area (Å²) in [5.74, 6) is -0.207. The summed E-state index contributed by atoms with van der Waals surface area (Å²) in [6.45, 7) is 4.62. The average molecular weight is 1120 g/mol. The largest absolute Gasteiger partial charge is 0.756 e. The molecule has 0 fully saturated rings. The van der Waals surface area contributed by atoms with Crippen molar-refractivity contribution in [2.75, 3.05) is 40.9 Å². The minimum atomic E-state index is -4.61. The topological polar surface area (TPSA) is 108 Å². The molecule has 78 heavy (non-hydrogen) atoms. The van der Waals surface area contributed by atoms with Crippen molar-refractivity contribution in [1.82, 2.24) is 5.32 Å². The number of phosphoric ester groups is 1. The maximum absolute atomic E-state index is 13.0. The summed E-state index contributed by atoms with van der Waals surface area (Å²) in [6, 6.07) is -0.909. The van der Waals surface area contributed by atoms with E-state index >= 15 is 0 Å². The van der Waals surface area contributed by atoms with Crippen LogP contribution in [0.25, 0.3) is 0 Å². The Hall–Kier alpha value is -1.80. The fourth-order valence-corrected chi connectivity index (χ4v) is 10.6. The van der Waals surface area contributed by atoms with E-state index in [9.17, 15) is 19.4 Å². The predicted molar refractivity (Wildman–Crippen MR) is 339 cm³/mol. The maximum Gasteiger partial charge on any atom is 0.268 e. The van der Waals surface area contributed by atoms with Crippen LogP contribution in [0.3, 0.4) is 0 Å². The molecule has 0 rings (SSSR count). The molecule has 0 aromatic rings. The summed E-state index contributed by atoms with van der Waals surface area (Å²) in [7, 11) is 1.24. The predicted octanol–water partition coefficient (Wildman–Crippen LogP) is 20.6. The van der Waals surface area contributed by atoms with E-state index in [4.69, 9.17) is 9.05 Å². The van der Waals surface area contributed by atoms with E-state index in [-0.39, 0.29) is 12.5 Å². The van der Waals surface area contributed by atoms with Gasteiger partial charge in [-0.25, -0.2) is 0 Å². The average Bonchev–Trinajstić information content (AvgIpc) is 3.41. The van der Waals surface area contributed by atoms with Crippen molar-refractivity contribution in [3.63, 3.8) is 0 Å². The summed E-state index contributed by atoms with van der Waals surface area (Å²) < 4.78 is 23.3. The summed E-state index contributed by atoms with van der Waals surface area (Å²) >= 11 is 0. The number of amides is 1. The van der Waals surface area contributed by atoms with Gasteiger partial charge in [-0.15, -0.1) is 0 Å². The number of hydrogen-bond acceptors (Lipinski definition) is 6. The Balaban J connectivity index is 3.88. The number of aliphatic hydroxyl groups excluding tert-OH is 1. The van der Waals surface area contributed by atoms with Crippen LogP contribution in [0.4, 0.5) is 0 Å². The number of nitrogens with zero attached hydrogens (tertiary/aromatic N) is 1. The number of quaternary nitrogens is 1. The summed E-state index contributed by atoms with van der Waals surface area (Å²) in [6.07, 6.45) is 82.2. The van der Waals surface area contributed by atoms with Gasteiger partial charge in [0.25, 0.3) is 7.82 Å². The smallest absolute Gasteiger partial charge is 0.268 e. The van der Waals surface area contributed by atoms with Crippen molar-refractivity contribution in [3.05, 3.63) is 60.8 Å². The molecular weight excluding hydrogens is 984 g/mol. The number of nitrogens with one attached hydrogen (secondary N) is 1. The van der Waals surface area contributed by atoms with E-state index in [0.717, 1.165) is 51.4 Å². The first-order chi connectivity index (χ1) is 38.0. The zero-order valence-electron chi connectivity index (χ0n) is 52.4. The van der Waals surface area contributed by atoms with Gasteiger partial charge in [0.05, 0.1) is 39.9 Å². The van der Waals surface area contributed by atoms with E-state index < -0.39 is 26.6 Å². The molecule has 0 saturated heterocycles. The SMILES string of the molecule is CCCCCCC/C=C\C/C=C\CCCCCCCCCCCCCCCCCCCCCCCCCCCCCCCC(=O)NC(COP(=O)([O-])OCC[N+](C)(C)C)C(O)/C=C/CC/C=C/CC/C=C/CCCCCCC. The number of rotatable bonds is 62. The van der Waals surface area contributed by atoms with Crippen LogP contribution in [0, 0.1) is 0 Å². The molecule has 0 radical (unpaired) electrons. The number of allylic oxidation sites excluding steroid dienone is 9. The molecule has 0 aliphatic rings. The summed E-state index contributed by atoms with van der Waals surface area (Å²) in [4.78, 5) is 25.5. The van der Waals surface area contributed by atoms with E-state index in [1.54, 1.807) is 6.08 Å². The minimum Gasteiger partial charge on any atom is -0.756 e. The molecule has 1 amide bonds. The highest BCUT2D eigenvalue weighted by Gasteiger charge is 2.23. The molecule has 2 N–H and O–H groups in total. The van der Waals surface area contributed by atoms with E-state index in [1.165, 1.54) is 250 Å². The van der Waals surface area contributed by atoms with Crippen LogP contribution in [-0.4, -0.2) is 68.5 Å². The van der Waals surface area contributed by atoms with Crippen molar-refractivity contribution in [2.45, 2.75) is 334 Å². The number of hydrogen-bond donors (Lipinski definition) is 2. The van der Waals surface area contributed by atoms with Crippen LogP contribution >= 0.6 is 7.82 Å². The van der Waals surface area contributed by atoms with Gasteiger partial charge in [0.2, 0.25) is 5.91 Å². The van der Waals surface area contributed by atoms with E-state index in [1.807, 2.05) is 27.2 Å². The van der Waals surface area contributed by atoms with Gasteiger partial charge >= 0.3 is 0 Å². The Bertz CT molecular complexity index is 1450.